The Bertz CT molecular complexity index is 2090. The fourth-order valence-corrected chi connectivity index (χ4v) is 9.17. The Morgan fingerprint density at radius 2 is 2.08 bits per heavy atom. The number of nitrogens with zero attached hydrogens (tertiary/aromatic N) is 7. The number of nitriles is 2. The summed E-state index contributed by atoms with van der Waals surface area (Å²) in [6.07, 6.45) is 3.28. The third-order valence-electron chi connectivity index (χ3n) is 10.6. The van der Waals surface area contributed by atoms with Crippen LogP contribution >= 0.6 is 11.3 Å². The average Bonchev–Trinajstić information content (AvgIpc) is 3.84. The zero-order valence-corrected chi connectivity index (χ0v) is 28.2. The van der Waals surface area contributed by atoms with E-state index in [1.54, 1.807) is 23.1 Å². The second-order valence-electron chi connectivity index (χ2n) is 13.1. The number of nitrogens with two attached hydrogens (primary N) is 1. The highest BCUT2D eigenvalue weighted by molar-refractivity contribution is 7.23. The van der Waals surface area contributed by atoms with Gasteiger partial charge in [0.1, 0.15) is 35.5 Å². The predicted octanol–water partition coefficient (Wildman–Crippen LogP) is 5.93. The number of fused-ring (bicyclic) bond motifs is 3. The normalized spacial score (nSPS) is 23.5. The fourth-order valence-electron chi connectivity index (χ4n) is 8.22. The van der Waals surface area contributed by atoms with Gasteiger partial charge in [0.2, 0.25) is 5.91 Å². The third kappa shape index (κ3) is 5.32. The van der Waals surface area contributed by atoms with Crippen molar-refractivity contribution < 1.29 is 18.3 Å². The number of aromatic nitrogens is 2. The van der Waals surface area contributed by atoms with Crippen LogP contribution in [0.5, 0.6) is 6.01 Å². The lowest BCUT2D eigenvalue weighted by atomic mass is 9.94. The van der Waals surface area contributed by atoms with Crippen molar-refractivity contribution in [1.29, 1.82) is 10.5 Å². The molecule has 4 atom stereocenters. The van der Waals surface area contributed by atoms with Crippen LogP contribution in [0.4, 0.5) is 19.6 Å². The van der Waals surface area contributed by atoms with E-state index in [1.165, 1.54) is 12.1 Å². The molecule has 0 unspecified atom stereocenters. The molecule has 0 aliphatic carbocycles. The van der Waals surface area contributed by atoms with Gasteiger partial charge in [-0.3, -0.25) is 9.69 Å². The molecule has 3 saturated heterocycles. The van der Waals surface area contributed by atoms with Gasteiger partial charge >= 0.3 is 6.01 Å². The number of amides is 1. The number of rotatable bonds is 8. The minimum Gasteiger partial charge on any atom is -0.461 e. The van der Waals surface area contributed by atoms with Crippen molar-refractivity contribution in [2.24, 2.45) is 0 Å². The van der Waals surface area contributed by atoms with E-state index in [0.717, 1.165) is 30.7 Å². The van der Waals surface area contributed by atoms with Crippen molar-refractivity contribution in [3.05, 3.63) is 53.9 Å². The maximum Gasteiger partial charge on any atom is 0.319 e. The summed E-state index contributed by atoms with van der Waals surface area (Å²) in [7, 11) is 0. The van der Waals surface area contributed by atoms with E-state index in [2.05, 4.69) is 28.5 Å². The largest absolute Gasteiger partial charge is 0.461 e. The van der Waals surface area contributed by atoms with E-state index in [-0.39, 0.29) is 51.4 Å². The molecule has 1 amide bonds. The number of carbonyl (C=O) groups excluding carboxylic acids is 1. The van der Waals surface area contributed by atoms with Gasteiger partial charge in [0.05, 0.1) is 39.0 Å². The van der Waals surface area contributed by atoms with Crippen LogP contribution in [-0.4, -0.2) is 82.3 Å². The summed E-state index contributed by atoms with van der Waals surface area (Å²) in [5, 5.41) is 21.5. The van der Waals surface area contributed by atoms with Crippen molar-refractivity contribution in [2.45, 2.75) is 63.3 Å². The van der Waals surface area contributed by atoms with Gasteiger partial charge < -0.3 is 20.3 Å². The van der Waals surface area contributed by atoms with Crippen LogP contribution < -0.4 is 15.4 Å². The molecule has 0 radical (unpaired) electrons. The van der Waals surface area contributed by atoms with Crippen LogP contribution in [0.1, 0.15) is 50.7 Å². The van der Waals surface area contributed by atoms with Crippen molar-refractivity contribution in [3.8, 4) is 29.3 Å². The lowest BCUT2D eigenvalue weighted by Crippen LogP contribution is -2.45. The Kier molecular flexibility index (Phi) is 8.37. The zero-order chi connectivity index (χ0) is 34.6. The van der Waals surface area contributed by atoms with Crippen LogP contribution in [-0.2, 0) is 4.79 Å². The molecule has 0 saturated carbocycles. The Morgan fingerprint density at radius 1 is 1.27 bits per heavy atom. The molecule has 2 aromatic carbocycles. The first-order valence-electron chi connectivity index (χ1n) is 16.5. The van der Waals surface area contributed by atoms with Gasteiger partial charge in [0, 0.05) is 48.4 Å². The van der Waals surface area contributed by atoms with E-state index >= 15 is 0 Å². The molecule has 252 valence electrons. The Balaban J connectivity index is 1.39. The van der Waals surface area contributed by atoms with E-state index in [1.807, 2.05) is 13.8 Å². The number of likely N-dealkylation sites (tertiary alicyclic amines) is 1. The number of thiophene rings is 1. The summed E-state index contributed by atoms with van der Waals surface area (Å²) in [6.45, 7) is 10.2. The molecule has 7 rings (SSSR count). The summed E-state index contributed by atoms with van der Waals surface area (Å²) in [4.78, 5) is 28.5. The SMILES string of the molecule is C=CC(=O)N1CC[C@H](N(CC)c2nc(OC[C@@]34CCCN3C[C@H](F)C4)nc3cc(-c4ccc(F)c5sc(N)c(C#N)c45)c(C#N)cc23)[C@@H]1C. The highest BCUT2D eigenvalue weighted by atomic mass is 32.1. The van der Waals surface area contributed by atoms with Crippen LogP contribution in [0.25, 0.3) is 32.1 Å². The van der Waals surface area contributed by atoms with Gasteiger partial charge in [-0.1, -0.05) is 12.6 Å². The monoisotopic (exact) mass is 682 g/mol. The second kappa shape index (κ2) is 12.6. The molecule has 2 aromatic heterocycles. The molecule has 3 aliphatic rings. The molecule has 13 heteroatoms. The predicted molar refractivity (Wildman–Crippen MR) is 186 cm³/mol. The molecule has 3 fully saturated rings. The third-order valence-corrected chi connectivity index (χ3v) is 11.6. The summed E-state index contributed by atoms with van der Waals surface area (Å²) in [5.74, 6) is -0.0984. The summed E-state index contributed by atoms with van der Waals surface area (Å²) in [6, 6.07) is 10.6. The molecule has 0 spiro atoms. The van der Waals surface area contributed by atoms with Gasteiger partial charge in [-0.25, -0.2) is 8.78 Å². The van der Waals surface area contributed by atoms with E-state index in [4.69, 9.17) is 20.4 Å². The van der Waals surface area contributed by atoms with Crippen molar-refractivity contribution in [3.63, 3.8) is 0 Å². The van der Waals surface area contributed by atoms with Crippen LogP contribution in [0.2, 0.25) is 0 Å². The highest BCUT2D eigenvalue weighted by Crippen LogP contribution is 2.44. The number of hydrogen-bond acceptors (Lipinski definition) is 10. The van der Waals surface area contributed by atoms with Crippen LogP contribution in [0, 0.1) is 28.5 Å². The fraction of sp³-hybridized carbons (Fsp3) is 0.417. The lowest BCUT2D eigenvalue weighted by molar-refractivity contribution is -0.126. The molecule has 0 bridgehead atoms. The molecule has 2 N–H and O–H groups in total. The molecule has 10 nitrogen and oxygen atoms in total. The van der Waals surface area contributed by atoms with E-state index < -0.39 is 17.5 Å². The van der Waals surface area contributed by atoms with E-state index in [9.17, 15) is 24.1 Å². The molecular weight excluding hydrogens is 647 g/mol. The zero-order valence-electron chi connectivity index (χ0n) is 27.4. The number of ether oxygens (including phenoxy) is 1. The number of benzene rings is 2. The molecule has 3 aliphatic heterocycles. The molecule has 4 aromatic rings. The van der Waals surface area contributed by atoms with Gasteiger partial charge in [0.15, 0.2) is 0 Å². The van der Waals surface area contributed by atoms with Gasteiger partial charge in [-0.2, -0.15) is 20.5 Å². The second-order valence-corrected chi connectivity index (χ2v) is 14.1. The summed E-state index contributed by atoms with van der Waals surface area (Å²) >= 11 is 0.992. The quantitative estimate of drug-likeness (QED) is 0.224. The minimum absolute atomic E-state index is 0.0974. The minimum atomic E-state index is -0.915. The number of likely N-dealkylation sites (N-methyl/N-ethyl adjacent to an activating group) is 1. The summed E-state index contributed by atoms with van der Waals surface area (Å²) < 4.78 is 36.2. The van der Waals surface area contributed by atoms with Crippen molar-refractivity contribution >= 4 is 49.1 Å². The van der Waals surface area contributed by atoms with Crippen molar-refractivity contribution in [2.75, 3.05) is 43.4 Å². The molecule has 49 heavy (non-hydrogen) atoms. The molecule has 5 heterocycles. The van der Waals surface area contributed by atoms with Crippen LogP contribution in [0.15, 0.2) is 36.9 Å². The molecular formula is C36H36F2N8O2S. The van der Waals surface area contributed by atoms with Crippen molar-refractivity contribution in [1.82, 2.24) is 19.8 Å². The highest BCUT2D eigenvalue weighted by Gasteiger charge is 2.49. The Hall–Kier alpha value is -4.85. The average molecular weight is 683 g/mol. The van der Waals surface area contributed by atoms with Gasteiger partial charge in [0.25, 0.3) is 0 Å². The van der Waals surface area contributed by atoms with Crippen LogP contribution in [0.3, 0.4) is 0 Å². The van der Waals surface area contributed by atoms with Gasteiger partial charge in [-0.15, -0.1) is 11.3 Å². The number of anilines is 2. The lowest BCUT2D eigenvalue weighted by Gasteiger charge is -2.34. The first-order valence-corrected chi connectivity index (χ1v) is 17.3. The number of halogens is 2. The smallest absolute Gasteiger partial charge is 0.319 e. The Morgan fingerprint density at radius 3 is 2.82 bits per heavy atom. The first kappa shape index (κ1) is 32.7. The summed E-state index contributed by atoms with van der Waals surface area (Å²) in [5.41, 5.74) is 7.57. The Labute approximate surface area is 287 Å². The van der Waals surface area contributed by atoms with Gasteiger partial charge in [-0.05, 0) is 69.5 Å². The maximum atomic E-state index is 15.0. The maximum absolute atomic E-state index is 15.0. The topological polar surface area (TPSA) is 135 Å². The standard InChI is InChI=1S/C36H36F2N8O2S/c1-4-30(47)46-12-9-29(20(46)3)45(5-2)34-25-13-21(16-39)24(23-7-8-27(38)32-31(23)26(17-40)33(41)49-32)14-28(25)42-35(43-34)48-19-36-10-6-11-44(36)18-22(37)15-36/h4,7-8,13-14,20,22,29H,1,5-6,9-12,15,18-19,41H2,2-3H3/t20-,22+,29-,36-/m0/s1. The number of alkyl halides is 1. The number of hydrogen-bond donors (Lipinski definition) is 1. The number of carbonyl (C=O) groups is 1. The van der Waals surface area contributed by atoms with E-state index in [0.29, 0.717) is 65.7 Å². The number of nitrogen functional groups attached to an aromatic ring is 1. The first-order chi connectivity index (χ1) is 23.6.